The molecule has 1 atom stereocenters. The zero-order valence-corrected chi connectivity index (χ0v) is 51.0. The second-order valence-corrected chi connectivity index (χ2v) is 22.7. The zero-order valence-electron chi connectivity index (χ0n) is 48.6. The van der Waals surface area contributed by atoms with Crippen LogP contribution in [-0.2, 0) is 30.9 Å². The average molecular weight is 1260 g/mol. The summed E-state index contributed by atoms with van der Waals surface area (Å²) in [6, 6.07) is 77.9. The minimum atomic E-state index is -0.598. The molecule has 1 radical (unpaired) electrons. The van der Waals surface area contributed by atoms with E-state index in [1.165, 1.54) is 153 Å². The van der Waals surface area contributed by atoms with Crippen LogP contribution < -0.4 is 9.47 Å². The van der Waals surface area contributed by atoms with Crippen molar-refractivity contribution < 1.29 is 29.6 Å². The Morgan fingerprint density at radius 3 is 1.45 bits per heavy atom. The first kappa shape index (κ1) is 57.1. The zero-order chi connectivity index (χ0) is 55.9. The summed E-state index contributed by atoms with van der Waals surface area (Å²) in [7, 11) is 0. The van der Waals surface area contributed by atoms with Crippen molar-refractivity contribution in [3.8, 4) is 67.4 Å². The van der Waals surface area contributed by atoms with E-state index in [2.05, 4.69) is 190 Å². The van der Waals surface area contributed by atoms with Crippen molar-refractivity contribution in [2.75, 3.05) is 13.2 Å². The number of rotatable bonds is 20. The smallest absolute Gasteiger partial charge is 0.119 e. The van der Waals surface area contributed by atoms with E-state index in [-0.39, 0.29) is 20.1 Å². The Kier molecular flexibility index (Phi) is 17.8. The topological polar surface area (TPSA) is 44.2 Å². The molecular formula is C78H74IrN2O2-2. The summed E-state index contributed by atoms with van der Waals surface area (Å²) in [6.07, 6.45) is 18.6. The second kappa shape index (κ2) is 25.8. The van der Waals surface area contributed by atoms with E-state index in [1.807, 2.05) is 54.7 Å². The Balaban J connectivity index is 0.000000491. The van der Waals surface area contributed by atoms with E-state index in [0.717, 1.165) is 60.1 Å². The van der Waals surface area contributed by atoms with Gasteiger partial charge in [-0.15, -0.1) is 71.3 Å². The van der Waals surface area contributed by atoms with Crippen LogP contribution >= 0.6 is 0 Å². The first-order valence-corrected chi connectivity index (χ1v) is 30.3. The van der Waals surface area contributed by atoms with Crippen molar-refractivity contribution in [3.63, 3.8) is 0 Å². The molecule has 2 aromatic heterocycles. The molecule has 0 fully saturated rings. The normalized spacial score (nSPS) is 14.3. The van der Waals surface area contributed by atoms with Gasteiger partial charge in [-0.1, -0.05) is 198 Å². The standard InChI is InChI=1S/C67H66NO2.C11H8N.Ir/c1-5-7-9-11-13-17-40-69-52-31-27-50(28-32-52)66(51-29-33-53(34-30-51)70-41-18-14-12-10-8-6-2)61-42-46(3)23-35-54(61)56-37-25-48(44-63(56)66)49-26-38-57-55-36-24-47(4)43-62(55)67(64(57)45-49)59-21-16-15-20-58(59)65-60(67)22-19-39-68-65;1-2-6-10(7-3-1)11-8-4-5-9-12-11;/h15-16,19,21-39,42-45H,5-14,17-18,40-41H2,1-4H3;1-6,8-9H;/q2*-1;. The van der Waals surface area contributed by atoms with Crippen LogP contribution in [0.4, 0.5) is 0 Å². The first-order valence-electron chi connectivity index (χ1n) is 30.3. The fourth-order valence-corrected chi connectivity index (χ4v) is 13.4. The van der Waals surface area contributed by atoms with Crippen molar-refractivity contribution >= 4 is 0 Å². The SMILES string of the molecule is CCCCCCCCOc1ccc(C2(c3ccc(OCCCCCCCC)cc3)c3cc(C)ccc3-c3ccc(-c4ccc5c(c4)C4(c6ccc[c-]c6-c6ncccc64)c4cc(C)ccc4-5)cc32)cc1.[Ir].[c-]1ccccc1-c1ccccn1. The molecule has 3 aliphatic rings. The van der Waals surface area contributed by atoms with Crippen molar-refractivity contribution in [3.05, 3.63) is 274 Å². The molecule has 13 rings (SSSR count). The first-order chi connectivity index (χ1) is 40.4. The summed E-state index contributed by atoms with van der Waals surface area (Å²) in [6.45, 7) is 10.5. The summed E-state index contributed by atoms with van der Waals surface area (Å²) in [5, 5.41) is 0. The molecule has 1 spiro atoms. The van der Waals surface area contributed by atoms with Crippen molar-refractivity contribution in [2.24, 2.45) is 0 Å². The summed E-state index contributed by atoms with van der Waals surface area (Å²) in [5.74, 6) is 1.85. The van der Waals surface area contributed by atoms with Crippen molar-refractivity contribution in [1.29, 1.82) is 0 Å². The fraction of sp³-hybridized carbons (Fsp3) is 0.256. The van der Waals surface area contributed by atoms with Gasteiger partial charge in [0, 0.05) is 37.9 Å². The van der Waals surface area contributed by atoms with Crippen molar-refractivity contribution in [2.45, 2.75) is 116 Å². The molecule has 419 valence electrons. The van der Waals surface area contributed by atoms with Crippen LogP contribution in [0.2, 0.25) is 0 Å². The van der Waals surface area contributed by atoms with E-state index in [4.69, 9.17) is 14.5 Å². The summed E-state index contributed by atoms with van der Waals surface area (Å²) >= 11 is 0. The minimum absolute atomic E-state index is 0. The minimum Gasteiger partial charge on any atom is -0.494 e. The molecule has 5 heteroatoms. The predicted molar refractivity (Wildman–Crippen MR) is 338 cm³/mol. The van der Waals surface area contributed by atoms with Gasteiger partial charge in [0.15, 0.2) is 0 Å². The van der Waals surface area contributed by atoms with Crippen molar-refractivity contribution in [1.82, 2.24) is 9.97 Å². The summed E-state index contributed by atoms with van der Waals surface area (Å²) < 4.78 is 12.8. The Labute approximate surface area is 506 Å². The van der Waals surface area contributed by atoms with Gasteiger partial charge in [-0.05, 0) is 153 Å². The number of nitrogens with zero attached hydrogens (tertiary/aromatic N) is 2. The molecule has 0 amide bonds. The van der Waals surface area contributed by atoms with Crippen LogP contribution in [0.1, 0.15) is 147 Å². The summed E-state index contributed by atoms with van der Waals surface area (Å²) in [4.78, 5) is 9.25. The molecule has 0 bridgehead atoms. The molecule has 0 saturated carbocycles. The van der Waals surface area contributed by atoms with Gasteiger partial charge in [-0.3, -0.25) is 0 Å². The molecule has 0 saturated heterocycles. The number of aromatic nitrogens is 2. The van der Waals surface area contributed by atoms with Gasteiger partial charge in [0.1, 0.15) is 11.5 Å². The van der Waals surface area contributed by atoms with Crippen LogP contribution in [0.25, 0.3) is 55.9 Å². The van der Waals surface area contributed by atoms with E-state index in [1.54, 1.807) is 6.20 Å². The number of fused-ring (bicyclic) bond motifs is 13. The quantitative estimate of drug-likeness (QED) is 0.0563. The van der Waals surface area contributed by atoms with Gasteiger partial charge >= 0.3 is 0 Å². The molecule has 2 heterocycles. The maximum Gasteiger partial charge on any atom is 0.119 e. The Hall–Kier alpha value is -7.69. The fourth-order valence-electron chi connectivity index (χ4n) is 13.4. The van der Waals surface area contributed by atoms with Gasteiger partial charge in [0.25, 0.3) is 0 Å². The molecule has 4 nitrogen and oxygen atoms in total. The molecule has 8 aromatic carbocycles. The van der Waals surface area contributed by atoms with E-state index >= 15 is 0 Å². The van der Waals surface area contributed by atoms with Crippen LogP contribution in [0.15, 0.2) is 207 Å². The van der Waals surface area contributed by atoms with E-state index < -0.39 is 10.8 Å². The van der Waals surface area contributed by atoms with Crippen LogP contribution in [0.5, 0.6) is 11.5 Å². The summed E-state index contributed by atoms with van der Waals surface area (Å²) in [5.41, 5.74) is 23.2. The average Bonchev–Trinajstić information content (AvgIpc) is 1.88. The third-order valence-corrected chi connectivity index (χ3v) is 17.4. The Morgan fingerprint density at radius 1 is 0.398 bits per heavy atom. The van der Waals surface area contributed by atoms with Gasteiger partial charge < -0.3 is 19.4 Å². The Bertz CT molecular complexity index is 3670. The molecule has 1 unspecified atom stereocenters. The monoisotopic (exact) mass is 1260 g/mol. The van der Waals surface area contributed by atoms with Gasteiger partial charge in [0.2, 0.25) is 0 Å². The van der Waals surface area contributed by atoms with E-state index in [9.17, 15) is 0 Å². The number of aryl methyl sites for hydroxylation is 2. The third kappa shape index (κ3) is 11.0. The molecular weight excluding hydrogens is 1190 g/mol. The van der Waals surface area contributed by atoms with Gasteiger partial charge in [-0.25, -0.2) is 0 Å². The third-order valence-electron chi connectivity index (χ3n) is 17.4. The largest absolute Gasteiger partial charge is 0.494 e. The predicted octanol–water partition coefficient (Wildman–Crippen LogP) is 19.9. The number of hydrogen-bond acceptors (Lipinski definition) is 4. The Morgan fingerprint density at radius 2 is 0.892 bits per heavy atom. The van der Waals surface area contributed by atoms with Gasteiger partial charge in [0.05, 0.1) is 18.6 Å². The van der Waals surface area contributed by atoms with Gasteiger partial charge in [-0.2, -0.15) is 0 Å². The van der Waals surface area contributed by atoms with E-state index in [0.29, 0.717) is 0 Å². The molecule has 0 N–H and O–H groups in total. The number of unbranched alkanes of at least 4 members (excludes halogenated alkanes) is 10. The molecule has 0 aliphatic heterocycles. The van der Waals surface area contributed by atoms with Crippen LogP contribution in [0.3, 0.4) is 0 Å². The molecule has 3 aliphatic carbocycles. The maximum absolute atomic E-state index is 6.42. The molecule has 10 aromatic rings. The van der Waals surface area contributed by atoms with Crippen LogP contribution in [-0.4, -0.2) is 23.2 Å². The molecule has 83 heavy (non-hydrogen) atoms. The second-order valence-electron chi connectivity index (χ2n) is 22.7. The van der Waals surface area contributed by atoms with Crippen LogP contribution in [0, 0.1) is 26.0 Å². The maximum atomic E-state index is 6.42. The number of ether oxygens (including phenoxy) is 2. The number of hydrogen-bond donors (Lipinski definition) is 0. The number of pyridine rings is 2. The number of benzene rings is 8.